The zero-order valence-corrected chi connectivity index (χ0v) is 11.5. The van der Waals surface area contributed by atoms with Crippen LogP contribution in [-0.4, -0.2) is 31.3 Å². The molecule has 1 aromatic carbocycles. The van der Waals surface area contributed by atoms with Gasteiger partial charge in [0.15, 0.2) is 5.82 Å². The van der Waals surface area contributed by atoms with E-state index in [2.05, 4.69) is 15.5 Å². The maximum Gasteiger partial charge on any atom is 0.305 e. The Balaban J connectivity index is 2.50. The van der Waals surface area contributed by atoms with E-state index in [1.165, 1.54) is 4.68 Å². The molecular formula is C13H14F2N4O2. The minimum Gasteiger partial charge on any atom is -0.481 e. The van der Waals surface area contributed by atoms with Crippen molar-refractivity contribution in [2.75, 3.05) is 0 Å². The number of tetrazole rings is 1. The van der Waals surface area contributed by atoms with E-state index in [1.54, 1.807) is 13.8 Å². The van der Waals surface area contributed by atoms with E-state index in [0.29, 0.717) is 0 Å². The van der Waals surface area contributed by atoms with Crippen molar-refractivity contribution in [2.24, 2.45) is 5.92 Å². The summed E-state index contributed by atoms with van der Waals surface area (Å²) in [6.45, 7) is 3.61. The third kappa shape index (κ3) is 3.21. The van der Waals surface area contributed by atoms with E-state index in [9.17, 15) is 13.6 Å². The fourth-order valence-electron chi connectivity index (χ4n) is 2.05. The van der Waals surface area contributed by atoms with Gasteiger partial charge in [-0.15, -0.1) is 5.10 Å². The Kier molecular flexibility index (Phi) is 4.25. The van der Waals surface area contributed by atoms with Crippen molar-refractivity contribution in [3.05, 3.63) is 29.8 Å². The van der Waals surface area contributed by atoms with Gasteiger partial charge in [0.25, 0.3) is 0 Å². The maximum absolute atomic E-state index is 13.8. The standard InChI is InChI=1S/C13H14F2N4O2/c1-7(2)11(6-12(20)21)19-13(16-17-18-19)9-5-8(14)3-4-10(9)15/h3-5,7,11H,6H2,1-2H3,(H,20,21). The molecule has 0 aliphatic carbocycles. The molecule has 0 saturated carbocycles. The second kappa shape index (κ2) is 5.94. The highest BCUT2D eigenvalue weighted by molar-refractivity contribution is 5.67. The van der Waals surface area contributed by atoms with Crippen LogP contribution in [0.1, 0.15) is 26.3 Å². The number of hydrogen-bond acceptors (Lipinski definition) is 4. The number of aromatic nitrogens is 4. The van der Waals surface area contributed by atoms with Gasteiger partial charge in [-0.1, -0.05) is 13.8 Å². The Hall–Kier alpha value is -2.38. The summed E-state index contributed by atoms with van der Waals surface area (Å²) in [6.07, 6.45) is -0.216. The van der Waals surface area contributed by atoms with Crippen molar-refractivity contribution < 1.29 is 18.7 Å². The Bertz CT molecular complexity index is 657. The van der Waals surface area contributed by atoms with Gasteiger partial charge in [-0.25, -0.2) is 13.5 Å². The van der Waals surface area contributed by atoms with E-state index in [1.807, 2.05) is 0 Å². The molecular weight excluding hydrogens is 282 g/mol. The smallest absolute Gasteiger partial charge is 0.305 e. The number of hydrogen-bond donors (Lipinski definition) is 1. The van der Waals surface area contributed by atoms with Gasteiger partial charge in [-0.3, -0.25) is 4.79 Å². The lowest BCUT2D eigenvalue weighted by Crippen LogP contribution is -2.21. The Morgan fingerprint density at radius 2 is 2.10 bits per heavy atom. The number of aliphatic carboxylic acids is 1. The van der Waals surface area contributed by atoms with E-state index in [-0.39, 0.29) is 23.7 Å². The molecule has 0 bridgehead atoms. The van der Waals surface area contributed by atoms with Crippen molar-refractivity contribution in [1.82, 2.24) is 20.2 Å². The first-order chi connectivity index (χ1) is 9.90. The molecule has 112 valence electrons. The van der Waals surface area contributed by atoms with Gasteiger partial charge < -0.3 is 5.11 Å². The average molecular weight is 296 g/mol. The summed E-state index contributed by atoms with van der Waals surface area (Å²) in [4.78, 5) is 11.0. The van der Waals surface area contributed by atoms with Crippen LogP contribution >= 0.6 is 0 Å². The lowest BCUT2D eigenvalue weighted by Gasteiger charge is -2.20. The van der Waals surface area contributed by atoms with E-state index in [0.717, 1.165) is 18.2 Å². The molecule has 2 rings (SSSR count). The number of nitrogens with zero attached hydrogens (tertiary/aromatic N) is 4. The van der Waals surface area contributed by atoms with Crippen LogP contribution in [0.5, 0.6) is 0 Å². The first-order valence-corrected chi connectivity index (χ1v) is 6.35. The van der Waals surface area contributed by atoms with Gasteiger partial charge in [-0.05, 0) is 34.5 Å². The van der Waals surface area contributed by atoms with Crippen molar-refractivity contribution in [2.45, 2.75) is 26.3 Å². The summed E-state index contributed by atoms with van der Waals surface area (Å²) in [6, 6.07) is 2.39. The molecule has 0 aliphatic rings. The number of benzene rings is 1. The Morgan fingerprint density at radius 1 is 1.38 bits per heavy atom. The minimum absolute atomic E-state index is 0.00644. The Morgan fingerprint density at radius 3 is 2.71 bits per heavy atom. The van der Waals surface area contributed by atoms with E-state index >= 15 is 0 Å². The van der Waals surface area contributed by atoms with Gasteiger partial charge in [0.1, 0.15) is 11.6 Å². The minimum atomic E-state index is -1.02. The molecule has 1 aromatic heterocycles. The molecule has 1 N–H and O–H groups in total. The highest BCUT2D eigenvalue weighted by Gasteiger charge is 2.25. The summed E-state index contributed by atoms with van der Waals surface area (Å²) in [7, 11) is 0. The average Bonchev–Trinajstić information content (AvgIpc) is 2.87. The van der Waals surface area contributed by atoms with Crippen LogP contribution in [-0.2, 0) is 4.79 Å². The summed E-state index contributed by atoms with van der Waals surface area (Å²) < 4.78 is 28.4. The zero-order chi connectivity index (χ0) is 15.6. The molecule has 1 heterocycles. The fourth-order valence-corrected chi connectivity index (χ4v) is 2.05. The molecule has 21 heavy (non-hydrogen) atoms. The lowest BCUT2D eigenvalue weighted by molar-refractivity contribution is -0.138. The monoisotopic (exact) mass is 296 g/mol. The summed E-state index contributed by atoms with van der Waals surface area (Å²) in [5.41, 5.74) is -0.101. The number of carboxylic acids is 1. The van der Waals surface area contributed by atoms with Gasteiger partial charge in [0.05, 0.1) is 18.0 Å². The summed E-state index contributed by atoms with van der Waals surface area (Å²) in [5, 5.41) is 19.9. The fraction of sp³-hybridized carbons (Fsp3) is 0.385. The summed E-state index contributed by atoms with van der Waals surface area (Å²) >= 11 is 0. The largest absolute Gasteiger partial charge is 0.481 e. The van der Waals surface area contributed by atoms with Crippen molar-refractivity contribution >= 4 is 5.97 Å². The SMILES string of the molecule is CC(C)C(CC(=O)O)n1nnnc1-c1cc(F)ccc1F. The molecule has 1 unspecified atom stereocenters. The van der Waals surface area contributed by atoms with Crippen molar-refractivity contribution in [3.8, 4) is 11.4 Å². The van der Waals surface area contributed by atoms with Gasteiger partial charge in [0, 0.05) is 0 Å². The predicted octanol–water partition coefficient (Wildman–Crippen LogP) is 2.29. The molecule has 0 amide bonds. The van der Waals surface area contributed by atoms with Crippen LogP contribution in [0.25, 0.3) is 11.4 Å². The molecule has 0 fully saturated rings. The van der Waals surface area contributed by atoms with Crippen LogP contribution in [0.15, 0.2) is 18.2 Å². The van der Waals surface area contributed by atoms with E-state index in [4.69, 9.17) is 5.11 Å². The first-order valence-electron chi connectivity index (χ1n) is 6.35. The molecule has 0 saturated heterocycles. The van der Waals surface area contributed by atoms with Gasteiger partial charge >= 0.3 is 5.97 Å². The number of carbonyl (C=O) groups is 1. The van der Waals surface area contributed by atoms with Crippen molar-refractivity contribution in [3.63, 3.8) is 0 Å². The molecule has 1 atom stereocenters. The topological polar surface area (TPSA) is 80.9 Å². The number of carboxylic acid groups (broad SMARTS) is 1. The van der Waals surface area contributed by atoms with E-state index < -0.39 is 23.6 Å². The maximum atomic E-state index is 13.8. The molecule has 0 spiro atoms. The second-order valence-electron chi connectivity index (χ2n) is 4.98. The Labute approximate surface area is 119 Å². The third-order valence-corrected chi connectivity index (χ3v) is 3.13. The van der Waals surface area contributed by atoms with Gasteiger partial charge in [0.2, 0.25) is 0 Å². The predicted molar refractivity (Wildman–Crippen MR) is 69.3 cm³/mol. The van der Waals surface area contributed by atoms with Crippen LogP contribution in [0.3, 0.4) is 0 Å². The van der Waals surface area contributed by atoms with Crippen LogP contribution in [0, 0.1) is 17.6 Å². The third-order valence-electron chi connectivity index (χ3n) is 3.13. The van der Waals surface area contributed by atoms with Crippen molar-refractivity contribution in [1.29, 1.82) is 0 Å². The molecule has 0 radical (unpaired) electrons. The second-order valence-corrected chi connectivity index (χ2v) is 4.98. The van der Waals surface area contributed by atoms with Crippen LogP contribution in [0.2, 0.25) is 0 Å². The molecule has 6 nitrogen and oxygen atoms in total. The summed E-state index contributed by atoms with van der Waals surface area (Å²) in [5.74, 6) is -2.41. The molecule has 2 aromatic rings. The molecule has 0 aliphatic heterocycles. The highest BCUT2D eigenvalue weighted by atomic mass is 19.1. The molecule has 8 heteroatoms. The normalized spacial score (nSPS) is 12.6. The van der Waals surface area contributed by atoms with Gasteiger partial charge in [-0.2, -0.15) is 0 Å². The quantitative estimate of drug-likeness (QED) is 0.915. The van der Waals surface area contributed by atoms with Crippen LogP contribution in [0.4, 0.5) is 8.78 Å². The number of halogens is 2. The van der Waals surface area contributed by atoms with Crippen LogP contribution < -0.4 is 0 Å². The first kappa shape index (κ1) is 15.0. The zero-order valence-electron chi connectivity index (χ0n) is 11.5. The highest BCUT2D eigenvalue weighted by Crippen LogP contribution is 2.28. The number of rotatable bonds is 5. The lowest BCUT2D eigenvalue weighted by atomic mass is 10.0.